The normalized spacial score (nSPS) is 19.2. The van der Waals surface area contributed by atoms with Gasteiger partial charge in [-0.05, 0) is 34.1 Å². The fourth-order valence-corrected chi connectivity index (χ4v) is 2.36. The summed E-state index contributed by atoms with van der Waals surface area (Å²) in [6, 6.07) is 7.40. The summed E-state index contributed by atoms with van der Waals surface area (Å²) in [7, 11) is 0. The van der Waals surface area contributed by atoms with Crippen LogP contribution in [0.15, 0.2) is 35.3 Å². The summed E-state index contributed by atoms with van der Waals surface area (Å²) >= 11 is 3.33. The van der Waals surface area contributed by atoms with Gasteiger partial charge in [-0.1, -0.05) is 6.08 Å². The molecule has 17 heavy (non-hydrogen) atoms. The minimum Gasteiger partial charge on any atom is -0.312 e. The van der Waals surface area contributed by atoms with Gasteiger partial charge in [0.15, 0.2) is 0 Å². The zero-order chi connectivity index (χ0) is 12.4. The molecule has 1 aliphatic rings. The zero-order valence-corrected chi connectivity index (χ0v) is 10.8. The predicted molar refractivity (Wildman–Crippen MR) is 69.5 cm³/mol. The molecule has 0 aliphatic carbocycles. The van der Waals surface area contributed by atoms with Crippen molar-refractivity contribution in [3.63, 3.8) is 0 Å². The summed E-state index contributed by atoms with van der Waals surface area (Å²) in [5, 5.41) is 8.83. The maximum Gasteiger partial charge on any atom is 0.227 e. The van der Waals surface area contributed by atoms with Crippen molar-refractivity contribution in [2.75, 3.05) is 11.4 Å². The second-order valence-corrected chi connectivity index (χ2v) is 4.83. The van der Waals surface area contributed by atoms with Crippen LogP contribution in [0.5, 0.6) is 0 Å². The molecule has 1 heterocycles. The molecule has 1 fully saturated rings. The van der Waals surface area contributed by atoms with Crippen LogP contribution in [0.3, 0.4) is 0 Å². The van der Waals surface area contributed by atoms with Gasteiger partial charge in [0.1, 0.15) is 6.07 Å². The van der Waals surface area contributed by atoms with Crippen molar-refractivity contribution < 1.29 is 4.79 Å². The predicted octanol–water partition coefficient (Wildman–Crippen LogP) is 2.86. The first kappa shape index (κ1) is 11.9. The smallest absolute Gasteiger partial charge is 0.227 e. The molecule has 1 aromatic rings. The van der Waals surface area contributed by atoms with Gasteiger partial charge in [-0.15, -0.1) is 6.58 Å². The second-order valence-electron chi connectivity index (χ2n) is 3.98. The lowest BCUT2D eigenvalue weighted by atomic mass is 10.1. The average Bonchev–Trinajstić information content (AvgIpc) is 2.70. The standard InChI is InChI=1S/C13H11BrN2O/c1-2-9-5-13(17)16(8-9)11-4-3-10(7-15)12(14)6-11/h2-4,6,9H,1,5,8H2. The maximum absolute atomic E-state index is 11.8. The van der Waals surface area contributed by atoms with Gasteiger partial charge in [0.2, 0.25) is 5.91 Å². The number of nitriles is 1. The van der Waals surface area contributed by atoms with Gasteiger partial charge in [-0.25, -0.2) is 0 Å². The van der Waals surface area contributed by atoms with Crippen LogP contribution in [-0.4, -0.2) is 12.5 Å². The van der Waals surface area contributed by atoms with Crippen molar-refractivity contribution >= 4 is 27.5 Å². The lowest BCUT2D eigenvalue weighted by molar-refractivity contribution is -0.117. The molecule has 0 N–H and O–H groups in total. The van der Waals surface area contributed by atoms with Crippen LogP contribution in [0, 0.1) is 17.2 Å². The third-order valence-corrected chi connectivity index (χ3v) is 3.53. The third-order valence-electron chi connectivity index (χ3n) is 2.87. The van der Waals surface area contributed by atoms with E-state index in [9.17, 15) is 4.79 Å². The SMILES string of the molecule is C=CC1CC(=O)N(c2ccc(C#N)c(Br)c2)C1. The third kappa shape index (κ3) is 2.25. The van der Waals surface area contributed by atoms with Crippen LogP contribution >= 0.6 is 15.9 Å². The molecule has 86 valence electrons. The summed E-state index contributed by atoms with van der Waals surface area (Å²) in [6.45, 7) is 4.39. The Morgan fingerprint density at radius 3 is 2.88 bits per heavy atom. The summed E-state index contributed by atoms with van der Waals surface area (Å²) in [5.41, 5.74) is 1.39. The Bertz CT molecular complexity index is 519. The number of halogens is 1. The Kier molecular flexibility index (Phi) is 3.30. The van der Waals surface area contributed by atoms with Crippen LogP contribution in [0.2, 0.25) is 0 Å². The van der Waals surface area contributed by atoms with Gasteiger partial charge in [-0.2, -0.15) is 5.26 Å². The number of rotatable bonds is 2. The van der Waals surface area contributed by atoms with E-state index in [1.54, 1.807) is 17.0 Å². The van der Waals surface area contributed by atoms with E-state index in [-0.39, 0.29) is 11.8 Å². The molecule has 1 amide bonds. The maximum atomic E-state index is 11.8. The minimum absolute atomic E-state index is 0.103. The van der Waals surface area contributed by atoms with E-state index in [1.807, 2.05) is 12.1 Å². The molecule has 1 saturated heterocycles. The summed E-state index contributed by atoms with van der Waals surface area (Å²) < 4.78 is 0.715. The molecule has 0 bridgehead atoms. The van der Waals surface area contributed by atoms with Gasteiger partial charge >= 0.3 is 0 Å². The quantitative estimate of drug-likeness (QED) is 0.786. The highest BCUT2D eigenvalue weighted by Crippen LogP contribution is 2.29. The second kappa shape index (κ2) is 4.72. The molecule has 3 nitrogen and oxygen atoms in total. The first-order valence-electron chi connectivity index (χ1n) is 5.28. The largest absolute Gasteiger partial charge is 0.312 e. The Hall–Kier alpha value is -1.60. The van der Waals surface area contributed by atoms with E-state index < -0.39 is 0 Å². The molecule has 1 aromatic carbocycles. The Balaban J connectivity index is 2.30. The number of anilines is 1. The topological polar surface area (TPSA) is 44.1 Å². The van der Waals surface area contributed by atoms with Gasteiger partial charge < -0.3 is 4.90 Å². The molecule has 1 aliphatic heterocycles. The van der Waals surface area contributed by atoms with E-state index in [0.717, 1.165) is 5.69 Å². The molecular weight excluding hydrogens is 280 g/mol. The highest BCUT2D eigenvalue weighted by molar-refractivity contribution is 9.10. The number of nitrogens with zero attached hydrogens (tertiary/aromatic N) is 2. The van der Waals surface area contributed by atoms with Crippen molar-refractivity contribution in [3.05, 3.63) is 40.9 Å². The minimum atomic E-state index is 0.103. The lowest BCUT2D eigenvalue weighted by Gasteiger charge is -2.16. The lowest BCUT2D eigenvalue weighted by Crippen LogP contribution is -2.24. The molecule has 2 rings (SSSR count). The molecule has 0 radical (unpaired) electrons. The van der Waals surface area contributed by atoms with Crippen molar-refractivity contribution in [2.24, 2.45) is 5.92 Å². The number of hydrogen-bond donors (Lipinski definition) is 0. The number of amides is 1. The molecule has 1 unspecified atom stereocenters. The van der Waals surface area contributed by atoms with Gasteiger partial charge in [-0.3, -0.25) is 4.79 Å². The van der Waals surface area contributed by atoms with Crippen LogP contribution < -0.4 is 4.90 Å². The van der Waals surface area contributed by atoms with Crippen LogP contribution in [-0.2, 0) is 4.79 Å². The van der Waals surface area contributed by atoms with E-state index >= 15 is 0 Å². The molecule has 0 spiro atoms. The number of hydrogen-bond acceptors (Lipinski definition) is 2. The van der Waals surface area contributed by atoms with Gasteiger partial charge in [0, 0.05) is 29.0 Å². The summed E-state index contributed by atoms with van der Waals surface area (Å²) in [5.74, 6) is 0.323. The van der Waals surface area contributed by atoms with Crippen molar-refractivity contribution in [3.8, 4) is 6.07 Å². The molecule has 1 atom stereocenters. The highest BCUT2D eigenvalue weighted by atomic mass is 79.9. The molecule has 0 aromatic heterocycles. The molecular formula is C13H11BrN2O. The Labute approximate surface area is 108 Å². The van der Waals surface area contributed by atoms with E-state index in [1.165, 1.54) is 0 Å². The highest BCUT2D eigenvalue weighted by Gasteiger charge is 2.28. The first-order chi connectivity index (χ1) is 8.15. The fourth-order valence-electron chi connectivity index (χ4n) is 1.91. The summed E-state index contributed by atoms with van der Waals surface area (Å²) in [6.07, 6.45) is 2.33. The fraction of sp³-hybridized carbons (Fsp3) is 0.231. The van der Waals surface area contributed by atoms with Crippen LogP contribution in [0.4, 0.5) is 5.69 Å². The Morgan fingerprint density at radius 2 is 2.35 bits per heavy atom. The molecule has 4 heteroatoms. The average molecular weight is 291 g/mol. The van der Waals surface area contributed by atoms with Crippen molar-refractivity contribution in [1.29, 1.82) is 5.26 Å². The van der Waals surface area contributed by atoms with Crippen molar-refractivity contribution in [1.82, 2.24) is 0 Å². The summed E-state index contributed by atoms with van der Waals surface area (Å²) in [4.78, 5) is 13.5. The van der Waals surface area contributed by atoms with E-state index in [0.29, 0.717) is 23.0 Å². The first-order valence-corrected chi connectivity index (χ1v) is 6.07. The van der Waals surface area contributed by atoms with Crippen molar-refractivity contribution in [2.45, 2.75) is 6.42 Å². The number of carbonyl (C=O) groups is 1. The van der Waals surface area contributed by atoms with Gasteiger partial charge in [0.05, 0.1) is 5.56 Å². The Morgan fingerprint density at radius 1 is 1.59 bits per heavy atom. The van der Waals surface area contributed by atoms with Gasteiger partial charge in [0.25, 0.3) is 0 Å². The van der Waals surface area contributed by atoms with E-state index in [4.69, 9.17) is 5.26 Å². The number of carbonyl (C=O) groups excluding carboxylic acids is 1. The number of benzene rings is 1. The van der Waals surface area contributed by atoms with E-state index in [2.05, 4.69) is 28.6 Å². The monoisotopic (exact) mass is 290 g/mol. The molecule has 0 saturated carbocycles. The van der Waals surface area contributed by atoms with Crippen LogP contribution in [0.25, 0.3) is 0 Å². The van der Waals surface area contributed by atoms with Crippen LogP contribution in [0.1, 0.15) is 12.0 Å². The zero-order valence-electron chi connectivity index (χ0n) is 9.19.